The molecule has 0 heterocycles. The van der Waals surface area contributed by atoms with Gasteiger partial charge in [-0.25, -0.2) is 0 Å². The first-order valence-corrected chi connectivity index (χ1v) is 9.97. The van der Waals surface area contributed by atoms with E-state index < -0.39 is 0 Å². The molecule has 0 saturated carbocycles. The lowest BCUT2D eigenvalue weighted by molar-refractivity contribution is 0.102. The van der Waals surface area contributed by atoms with Gasteiger partial charge in [0.25, 0.3) is 5.91 Å². The minimum Gasteiger partial charge on any atom is -0.493 e. The molecule has 1 N–H and O–H groups in total. The maximum absolute atomic E-state index is 13.0. The second-order valence-electron chi connectivity index (χ2n) is 6.84. The lowest BCUT2D eigenvalue weighted by Crippen LogP contribution is -2.13. The normalized spacial score (nSPS) is 10.6. The second kappa shape index (κ2) is 9.14. The molecule has 4 aromatic rings. The summed E-state index contributed by atoms with van der Waals surface area (Å²) < 4.78 is 11.6. The topological polar surface area (TPSA) is 47.6 Å². The molecule has 4 heteroatoms. The minimum atomic E-state index is -0.171. The number of fused-ring (bicyclic) bond motifs is 1. The molecule has 0 unspecified atom stereocenters. The zero-order valence-corrected chi connectivity index (χ0v) is 16.8. The summed E-state index contributed by atoms with van der Waals surface area (Å²) in [5.74, 6) is 1.32. The Balaban J connectivity index is 1.57. The van der Waals surface area contributed by atoms with Crippen molar-refractivity contribution in [1.82, 2.24) is 0 Å². The molecule has 0 aliphatic carbocycles. The van der Waals surface area contributed by atoms with Gasteiger partial charge < -0.3 is 14.8 Å². The van der Waals surface area contributed by atoms with Gasteiger partial charge in [-0.2, -0.15) is 0 Å². The Hall–Kier alpha value is -3.79. The minimum absolute atomic E-state index is 0.171. The number of hydrogen-bond donors (Lipinski definition) is 1. The van der Waals surface area contributed by atoms with E-state index in [0.717, 1.165) is 33.5 Å². The summed E-state index contributed by atoms with van der Waals surface area (Å²) >= 11 is 0. The standard InChI is InChI=1S/C26H23NO3/c1-2-29-25-16-15-20(17-21(25)18-30-22-11-4-3-5-12-22)26(28)27-24-14-8-10-19-9-6-7-13-23(19)24/h3-17H,2,18H2,1H3,(H,27,28). The summed E-state index contributed by atoms with van der Waals surface area (Å²) in [4.78, 5) is 13.0. The van der Waals surface area contributed by atoms with Gasteiger partial charge in [0.15, 0.2) is 0 Å². The van der Waals surface area contributed by atoms with Crippen LogP contribution in [0.3, 0.4) is 0 Å². The number of para-hydroxylation sites is 1. The van der Waals surface area contributed by atoms with Crippen LogP contribution in [0.4, 0.5) is 5.69 Å². The van der Waals surface area contributed by atoms with Gasteiger partial charge in [-0.3, -0.25) is 4.79 Å². The zero-order chi connectivity index (χ0) is 20.8. The number of amides is 1. The predicted octanol–water partition coefficient (Wildman–Crippen LogP) is 6.07. The van der Waals surface area contributed by atoms with E-state index in [0.29, 0.717) is 18.8 Å². The third-order valence-corrected chi connectivity index (χ3v) is 4.80. The fraction of sp³-hybridized carbons (Fsp3) is 0.115. The Kier molecular flexibility index (Phi) is 5.95. The Morgan fingerprint density at radius 3 is 2.43 bits per heavy atom. The van der Waals surface area contributed by atoms with Crippen LogP contribution < -0.4 is 14.8 Å². The quantitative estimate of drug-likeness (QED) is 0.412. The van der Waals surface area contributed by atoms with E-state index >= 15 is 0 Å². The predicted molar refractivity (Wildman–Crippen MR) is 120 cm³/mol. The molecule has 4 nitrogen and oxygen atoms in total. The van der Waals surface area contributed by atoms with Gasteiger partial charge in [0.2, 0.25) is 0 Å². The highest BCUT2D eigenvalue weighted by molar-refractivity contribution is 6.09. The van der Waals surface area contributed by atoms with Gasteiger partial charge in [0.05, 0.1) is 6.61 Å². The molecule has 0 aliphatic rings. The molecule has 0 radical (unpaired) electrons. The Bertz CT molecular complexity index is 1150. The zero-order valence-electron chi connectivity index (χ0n) is 16.8. The van der Waals surface area contributed by atoms with Crippen LogP contribution in [0.5, 0.6) is 11.5 Å². The maximum Gasteiger partial charge on any atom is 0.255 e. The monoisotopic (exact) mass is 397 g/mol. The Morgan fingerprint density at radius 2 is 1.60 bits per heavy atom. The van der Waals surface area contributed by atoms with Crippen molar-refractivity contribution in [3.63, 3.8) is 0 Å². The molecule has 150 valence electrons. The highest BCUT2D eigenvalue weighted by Gasteiger charge is 2.13. The summed E-state index contributed by atoms with van der Waals surface area (Å²) in [6.07, 6.45) is 0. The molecule has 0 spiro atoms. The summed E-state index contributed by atoms with van der Waals surface area (Å²) in [5.41, 5.74) is 2.17. The molecular formula is C26H23NO3. The van der Waals surface area contributed by atoms with E-state index in [1.807, 2.05) is 91.9 Å². The number of benzene rings is 4. The molecule has 1 amide bonds. The third-order valence-electron chi connectivity index (χ3n) is 4.80. The number of anilines is 1. The van der Waals surface area contributed by atoms with Crippen LogP contribution >= 0.6 is 0 Å². The fourth-order valence-electron chi connectivity index (χ4n) is 3.34. The number of nitrogens with one attached hydrogen (secondary N) is 1. The maximum atomic E-state index is 13.0. The van der Waals surface area contributed by atoms with Crippen molar-refractivity contribution < 1.29 is 14.3 Å². The average Bonchev–Trinajstić information content (AvgIpc) is 2.79. The summed E-state index contributed by atoms with van der Waals surface area (Å²) in [6, 6.07) is 28.9. The molecule has 0 atom stereocenters. The van der Waals surface area contributed by atoms with Gasteiger partial charge >= 0.3 is 0 Å². The van der Waals surface area contributed by atoms with Crippen LogP contribution in [-0.4, -0.2) is 12.5 Å². The highest BCUT2D eigenvalue weighted by Crippen LogP contribution is 2.26. The first-order valence-electron chi connectivity index (χ1n) is 9.97. The van der Waals surface area contributed by atoms with Gasteiger partial charge in [-0.1, -0.05) is 54.6 Å². The lowest BCUT2D eigenvalue weighted by Gasteiger charge is -2.14. The van der Waals surface area contributed by atoms with Gasteiger partial charge in [-0.15, -0.1) is 0 Å². The van der Waals surface area contributed by atoms with E-state index in [-0.39, 0.29) is 5.91 Å². The Labute approximate surface area is 176 Å². The number of carbonyl (C=O) groups is 1. The molecule has 0 bridgehead atoms. The largest absolute Gasteiger partial charge is 0.493 e. The first kappa shape index (κ1) is 19.5. The van der Waals surface area contributed by atoms with Crippen molar-refractivity contribution in [2.75, 3.05) is 11.9 Å². The van der Waals surface area contributed by atoms with Crippen molar-refractivity contribution in [3.05, 3.63) is 102 Å². The van der Waals surface area contributed by atoms with Gasteiger partial charge in [0.1, 0.15) is 18.1 Å². The van der Waals surface area contributed by atoms with E-state index in [4.69, 9.17) is 9.47 Å². The summed E-state index contributed by atoms with van der Waals surface area (Å²) in [7, 11) is 0. The number of hydrogen-bond acceptors (Lipinski definition) is 3. The molecule has 4 rings (SSSR count). The van der Waals surface area contributed by atoms with Crippen molar-refractivity contribution in [3.8, 4) is 11.5 Å². The van der Waals surface area contributed by atoms with E-state index in [1.54, 1.807) is 6.07 Å². The number of carbonyl (C=O) groups excluding carboxylic acids is 1. The lowest BCUT2D eigenvalue weighted by atomic mass is 10.1. The SMILES string of the molecule is CCOc1ccc(C(=O)Nc2cccc3ccccc23)cc1COc1ccccc1. The highest BCUT2D eigenvalue weighted by atomic mass is 16.5. The van der Waals surface area contributed by atoms with E-state index in [9.17, 15) is 4.79 Å². The molecule has 30 heavy (non-hydrogen) atoms. The summed E-state index contributed by atoms with van der Waals surface area (Å²) in [5, 5.41) is 5.12. The summed E-state index contributed by atoms with van der Waals surface area (Å²) in [6.45, 7) is 2.79. The third kappa shape index (κ3) is 4.44. The fourth-order valence-corrected chi connectivity index (χ4v) is 3.34. The molecule has 4 aromatic carbocycles. The molecule has 0 saturated heterocycles. The molecule has 0 aliphatic heterocycles. The van der Waals surface area contributed by atoms with Crippen LogP contribution in [0.2, 0.25) is 0 Å². The number of ether oxygens (including phenoxy) is 2. The Morgan fingerprint density at radius 1 is 0.833 bits per heavy atom. The van der Waals surface area contributed by atoms with E-state index in [2.05, 4.69) is 5.32 Å². The molecule has 0 aromatic heterocycles. The van der Waals surface area contributed by atoms with Crippen LogP contribution in [0.25, 0.3) is 10.8 Å². The molecular weight excluding hydrogens is 374 g/mol. The first-order chi connectivity index (χ1) is 14.7. The van der Waals surface area contributed by atoms with E-state index in [1.165, 1.54) is 0 Å². The van der Waals surface area contributed by atoms with Crippen LogP contribution in [0.15, 0.2) is 91.0 Å². The average molecular weight is 397 g/mol. The van der Waals surface area contributed by atoms with Gasteiger partial charge in [-0.05, 0) is 48.7 Å². The van der Waals surface area contributed by atoms with Gasteiger partial charge in [0, 0.05) is 22.2 Å². The smallest absolute Gasteiger partial charge is 0.255 e. The second-order valence-corrected chi connectivity index (χ2v) is 6.84. The molecule has 0 fully saturated rings. The van der Waals surface area contributed by atoms with Crippen molar-refractivity contribution in [1.29, 1.82) is 0 Å². The van der Waals surface area contributed by atoms with Crippen LogP contribution in [0.1, 0.15) is 22.8 Å². The number of rotatable bonds is 7. The van der Waals surface area contributed by atoms with Crippen molar-refractivity contribution in [2.45, 2.75) is 13.5 Å². The van der Waals surface area contributed by atoms with Crippen molar-refractivity contribution in [2.24, 2.45) is 0 Å². The van der Waals surface area contributed by atoms with Crippen LogP contribution in [0, 0.1) is 0 Å². The van der Waals surface area contributed by atoms with Crippen molar-refractivity contribution >= 4 is 22.4 Å². The van der Waals surface area contributed by atoms with Crippen LogP contribution in [-0.2, 0) is 6.61 Å².